The predicted octanol–water partition coefficient (Wildman–Crippen LogP) is 3.54. The van der Waals surface area contributed by atoms with Crippen molar-refractivity contribution in [2.75, 3.05) is 17.2 Å². The Morgan fingerprint density at radius 2 is 1.57 bits per heavy atom. The van der Waals surface area contributed by atoms with Crippen LogP contribution in [0.25, 0.3) is 0 Å². The smallest absolute Gasteiger partial charge is 0.408 e. The van der Waals surface area contributed by atoms with Crippen molar-refractivity contribution in [3.8, 4) is 0 Å². The summed E-state index contributed by atoms with van der Waals surface area (Å²) in [6.07, 6.45) is -0.692. The second-order valence-electron chi connectivity index (χ2n) is 6.95. The van der Waals surface area contributed by atoms with E-state index >= 15 is 0 Å². The van der Waals surface area contributed by atoms with E-state index < -0.39 is 29.3 Å². The largest absolute Gasteiger partial charge is 0.444 e. The third-order valence-electron chi connectivity index (χ3n) is 3.30. The van der Waals surface area contributed by atoms with E-state index in [4.69, 9.17) is 4.74 Å². The Balaban J connectivity index is 1.90. The van der Waals surface area contributed by atoms with Gasteiger partial charge in [0.1, 0.15) is 18.0 Å². The van der Waals surface area contributed by atoms with E-state index in [9.17, 15) is 18.8 Å². The molecule has 0 aliphatic rings. The highest BCUT2D eigenvalue weighted by Gasteiger charge is 2.16. The zero-order valence-corrected chi connectivity index (χ0v) is 15.8. The van der Waals surface area contributed by atoms with Gasteiger partial charge in [0.05, 0.1) is 0 Å². The van der Waals surface area contributed by atoms with Gasteiger partial charge >= 0.3 is 6.09 Å². The molecule has 0 radical (unpaired) electrons. The van der Waals surface area contributed by atoms with Gasteiger partial charge in [-0.05, 0) is 63.2 Å². The van der Waals surface area contributed by atoms with Crippen molar-refractivity contribution < 1.29 is 23.5 Å². The highest BCUT2D eigenvalue weighted by atomic mass is 19.1. The molecule has 2 aromatic carbocycles. The topological polar surface area (TPSA) is 96.5 Å². The van der Waals surface area contributed by atoms with Crippen LogP contribution in [0.15, 0.2) is 48.5 Å². The quantitative estimate of drug-likeness (QED) is 0.731. The zero-order valence-electron chi connectivity index (χ0n) is 15.8. The van der Waals surface area contributed by atoms with Crippen LogP contribution < -0.4 is 16.0 Å². The molecule has 3 N–H and O–H groups in total. The third kappa shape index (κ3) is 7.06. The number of benzene rings is 2. The molecule has 0 unspecified atom stereocenters. The molecule has 3 amide bonds. The molecule has 148 valence electrons. The maximum Gasteiger partial charge on any atom is 0.408 e. The normalized spacial score (nSPS) is 10.7. The summed E-state index contributed by atoms with van der Waals surface area (Å²) < 4.78 is 18.0. The van der Waals surface area contributed by atoms with Crippen LogP contribution >= 0.6 is 0 Å². The molecule has 0 spiro atoms. The lowest BCUT2D eigenvalue weighted by molar-refractivity contribution is -0.115. The van der Waals surface area contributed by atoms with Crippen molar-refractivity contribution in [1.82, 2.24) is 5.32 Å². The van der Waals surface area contributed by atoms with Crippen LogP contribution in [-0.4, -0.2) is 30.1 Å². The maximum atomic E-state index is 12.9. The van der Waals surface area contributed by atoms with Crippen molar-refractivity contribution in [1.29, 1.82) is 0 Å². The van der Waals surface area contributed by atoms with E-state index in [1.54, 1.807) is 45.0 Å². The number of hydrogen-bond acceptors (Lipinski definition) is 4. The molecule has 28 heavy (non-hydrogen) atoms. The molecule has 0 atom stereocenters. The van der Waals surface area contributed by atoms with Crippen molar-refractivity contribution in [3.63, 3.8) is 0 Å². The van der Waals surface area contributed by atoms with Gasteiger partial charge in [-0.3, -0.25) is 9.59 Å². The molecule has 0 aromatic heterocycles. The van der Waals surface area contributed by atoms with Crippen LogP contribution in [0.5, 0.6) is 0 Å². The highest BCUT2D eigenvalue weighted by Crippen LogP contribution is 2.16. The molecular formula is C20H22FN3O4. The fraction of sp³-hybridized carbons (Fsp3) is 0.250. The van der Waals surface area contributed by atoms with Crippen LogP contribution in [0.1, 0.15) is 31.1 Å². The van der Waals surface area contributed by atoms with Gasteiger partial charge in [-0.25, -0.2) is 9.18 Å². The summed E-state index contributed by atoms with van der Waals surface area (Å²) in [6, 6.07) is 11.6. The fourth-order valence-corrected chi connectivity index (χ4v) is 2.15. The molecule has 0 aliphatic carbocycles. The number of carbonyl (C=O) groups excluding carboxylic acids is 3. The number of anilines is 2. The molecular weight excluding hydrogens is 365 g/mol. The Bertz CT molecular complexity index is 860. The van der Waals surface area contributed by atoms with E-state index in [1.165, 1.54) is 24.3 Å². The molecule has 2 rings (SSSR count). The van der Waals surface area contributed by atoms with Gasteiger partial charge in [-0.2, -0.15) is 0 Å². The van der Waals surface area contributed by atoms with Crippen LogP contribution in [0.4, 0.5) is 20.6 Å². The van der Waals surface area contributed by atoms with Crippen molar-refractivity contribution in [2.24, 2.45) is 0 Å². The number of nitrogens with one attached hydrogen (secondary N) is 3. The minimum absolute atomic E-state index is 0.263. The lowest BCUT2D eigenvalue weighted by Gasteiger charge is -2.19. The Morgan fingerprint density at radius 3 is 2.18 bits per heavy atom. The standard InChI is InChI=1S/C20H22FN3O4/c1-20(2,3)28-19(27)22-12-17(25)23-15-5-4-6-16(11-15)24-18(26)13-7-9-14(21)10-8-13/h4-11H,12H2,1-3H3,(H,22,27)(H,23,25)(H,24,26). The van der Waals surface area contributed by atoms with E-state index in [-0.39, 0.29) is 6.54 Å². The summed E-state index contributed by atoms with van der Waals surface area (Å²) >= 11 is 0. The first-order valence-corrected chi connectivity index (χ1v) is 8.56. The Kier molecular flexibility index (Phi) is 6.70. The molecule has 8 heteroatoms. The number of halogens is 1. The molecule has 0 saturated carbocycles. The first-order chi connectivity index (χ1) is 13.1. The van der Waals surface area contributed by atoms with Gasteiger partial charge in [0.25, 0.3) is 5.91 Å². The average molecular weight is 387 g/mol. The van der Waals surface area contributed by atoms with Gasteiger partial charge < -0.3 is 20.7 Å². The Labute approximate surface area is 162 Å². The van der Waals surface area contributed by atoms with Gasteiger partial charge in [0.2, 0.25) is 5.91 Å². The Morgan fingerprint density at radius 1 is 0.964 bits per heavy atom. The number of hydrogen-bond donors (Lipinski definition) is 3. The van der Waals surface area contributed by atoms with Gasteiger partial charge in [-0.1, -0.05) is 6.07 Å². The minimum Gasteiger partial charge on any atom is -0.444 e. The molecule has 2 aromatic rings. The average Bonchev–Trinajstić information content (AvgIpc) is 2.59. The molecule has 0 heterocycles. The second kappa shape index (κ2) is 8.98. The molecule has 0 fully saturated rings. The molecule has 0 saturated heterocycles. The summed E-state index contributed by atoms with van der Waals surface area (Å²) in [7, 11) is 0. The minimum atomic E-state index is -0.692. The first kappa shape index (κ1) is 20.9. The second-order valence-corrected chi connectivity index (χ2v) is 6.95. The number of rotatable bonds is 5. The van der Waals surface area contributed by atoms with E-state index in [0.717, 1.165) is 0 Å². The van der Waals surface area contributed by atoms with E-state index in [0.29, 0.717) is 16.9 Å². The van der Waals surface area contributed by atoms with Crippen molar-refractivity contribution >= 4 is 29.3 Å². The van der Waals surface area contributed by atoms with Crippen LogP contribution in [0.2, 0.25) is 0 Å². The van der Waals surface area contributed by atoms with Crippen molar-refractivity contribution in [3.05, 3.63) is 59.9 Å². The summed E-state index contributed by atoms with van der Waals surface area (Å²) in [5.74, 6) is -1.29. The van der Waals surface area contributed by atoms with E-state index in [2.05, 4.69) is 16.0 Å². The lowest BCUT2D eigenvalue weighted by atomic mass is 10.2. The maximum absolute atomic E-state index is 12.9. The number of ether oxygens (including phenoxy) is 1. The molecule has 0 aliphatic heterocycles. The summed E-state index contributed by atoms with van der Waals surface area (Å²) in [4.78, 5) is 35.7. The third-order valence-corrected chi connectivity index (χ3v) is 3.30. The SMILES string of the molecule is CC(C)(C)OC(=O)NCC(=O)Nc1cccc(NC(=O)c2ccc(F)cc2)c1. The van der Waals surface area contributed by atoms with Gasteiger partial charge in [0, 0.05) is 16.9 Å². The summed E-state index contributed by atoms with van der Waals surface area (Å²) in [6.45, 7) is 4.90. The zero-order chi connectivity index (χ0) is 20.7. The number of alkyl carbamates (subject to hydrolysis) is 1. The highest BCUT2D eigenvalue weighted by molar-refractivity contribution is 6.04. The van der Waals surface area contributed by atoms with Crippen LogP contribution in [0, 0.1) is 5.82 Å². The van der Waals surface area contributed by atoms with Gasteiger partial charge in [0.15, 0.2) is 0 Å². The van der Waals surface area contributed by atoms with Gasteiger partial charge in [-0.15, -0.1) is 0 Å². The molecule has 0 bridgehead atoms. The first-order valence-electron chi connectivity index (χ1n) is 8.56. The van der Waals surface area contributed by atoms with Crippen LogP contribution in [-0.2, 0) is 9.53 Å². The lowest BCUT2D eigenvalue weighted by Crippen LogP contribution is -2.37. The Hall–Kier alpha value is -3.42. The van der Waals surface area contributed by atoms with Crippen LogP contribution in [0.3, 0.4) is 0 Å². The fourth-order valence-electron chi connectivity index (χ4n) is 2.15. The predicted molar refractivity (Wildman–Crippen MR) is 104 cm³/mol. The summed E-state index contributed by atoms with van der Waals surface area (Å²) in [5.41, 5.74) is 0.537. The van der Waals surface area contributed by atoms with Crippen molar-refractivity contribution in [2.45, 2.75) is 26.4 Å². The van der Waals surface area contributed by atoms with E-state index in [1.807, 2.05) is 0 Å². The monoisotopic (exact) mass is 387 g/mol. The molecule has 7 nitrogen and oxygen atoms in total. The number of amides is 3. The number of carbonyl (C=O) groups is 3. The summed E-state index contributed by atoms with van der Waals surface area (Å²) in [5, 5.41) is 7.63.